The van der Waals surface area contributed by atoms with Crippen molar-refractivity contribution in [3.8, 4) is 11.6 Å². The fourth-order valence-electron chi connectivity index (χ4n) is 3.75. The average Bonchev–Trinajstić information content (AvgIpc) is 3.53. The number of H-pyrrole nitrogens is 2. The van der Waals surface area contributed by atoms with E-state index in [1.807, 2.05) is 24.3 Å². The molecular weight excluding hydrogens is 486 g/mol. The molecule has 12 heteroatoms. The summed E-state index contributed by atoms with van der Waals surface area (Å²) < 4.78 is 16.8. The molecule has 5 rings (SSSR count). The van der Waals surface area contributed by atoms with Gasteiger partial charge in [-0.25, -0.2) is 9.97 Å². The van der Waals surface area contributed by atoms with Gasteiger partial charge in [-0.3, -0.25) is 9.69 Å². The van der Waals surface area contributed by atoms with Crippen LogP contribution in [-0.4, -0.2) is 76.9 Å². The maximum absolute atomic E-state index is 12.8. The molecule has 188 valence electrons. The fraction of sp³-hybridized carbons (Fsp3) is 0.292. The summed E-state index contributed by atoms with van der Waals surface area (Å²) in [4.78, 5) is 29.6. The summed E-state index contributed by atoms with van der Waals surface area (Å²) in [6, 6.07) is 12.8. The fourth-order valence-corrected chi connectivity index (χ4v) is 3.97. The highest BCUT2D eigenvalue weighted by atomic mass is 35.5. The van der Waals surface area contributed by atoms with Gasteiger partial charge in [0.15, 0.2) is 12.4 Å². The van der Waals surface area contributed by atoms with Gasteiger partial charge >= 0.3 is 0 Å². The lowest BCUT2D eigenvalue weighted by Crippen LogP contribution is -2.38. The molecule has 2 aromatic carbocycles. The van der Waals surface area contributed by atoms with E-state index in [4.69, 9.17) is 25.8 Å². The number of carbonyl (C=O) groups excluding carboxylic acids is 1. The van der Waals surface area contributed by atoms with E-state index in [0.29, 0.717) is 29.0 Å². The minimum Gasteiger partial charge on any atom is -0.492 e. The summed E-state index contributed by atoms with van der Waals surface area (Å²) in [5.74, 6) is 0.945. The van der Waals surface area contributed by atoms with Gasteiger partial charge in [-0.05, 0) is 24.3 Å². The Hall–Kier alpha value is -3.80. The molecule has 0 aliphatic carbocycles. The number of amides is 1. The van der Waals surface area contributed by atoms with Crippen molar-refractivity contribution in [2.24, 2.45) is 0 Å². The molecule has 3 heterocycles. The van der Waals surface area contributed by atoms with E-state index in [9.17, 15) is 4.79 Å². The maximum atomic E-state index is 12.8. The number of fused-ring (bicyclic) bond motifs is 1. The van der Waals surface area contributed by atoms with Crippen LogP contribution in [0.3, 0.4) is 0 Å². The van der Waals surface area contributed by atoms with Crippen LogP contribution in [-0.2, 0) is 4.74 Å². The number of rotatable bonds is 10. The lowest BCUT2D eigenvalue weighted by atomic mass is 10.3. The molecule has 4 N–H and O–H groups in total. The van der Waals surface area contributed by atoms with E-state index < -0.39 is 5.91 Å². The van der Waals surface area contributed by atoms with Crippen LogP contribution < -0.4 is 20.1 Å². The molecular formula is C24H26ClN7O4. The third kappa shape index (κ3) is 5.88. The van der Waals surface area contributed by atoms with E-state index >= 15 is 0 Å². The Kier molecular flexibility index (Phi) is 7.50. The lowest BCUT2D eigenvalue weighted by Gasteiger charge is -2.26. The monoisotopic (exact) mass is 511 g/mol. The largest absolute Gasteiger partial charge is 0.492 e. The summed E-state index contributed by atoms with van der Waals surface area (Å²) in [6.07, 6.45) is 1.39. The zero-order valence-corrected chi connectivity index (χ0v) is 20.2. The van der Waals surface area contributed by atoms with Gasteiger partial charge in [0.25, 0.3) is 5.91 Å². The number of halogens is 1. The number of morpholine rings is 1. The van der Waals surface area contributed by atoms with Gasteiger partial charge in [0, 0.05) is 25.7 Å². The molecule has 1 amide bonds. The molecule has 11 nitrogen and oxygen atoms in total. The van der Waals surface area contributed by atoms with Crippen molar-refractivity contribution in [2.75, 3.05) is 56.8 Å². The second kappa shape index (κ2) is 11.3. The standard InChI is InChI=1S/C24H26ClN7O4/c25-17-13-16(35-12-9-32-7-10-34-11-8-32)5-6-18(17)29-22(33)21-23(27-14-26-21)36-15-28-24-30-19-3-1-2-4-20(19)31-24/h1-6,13-14H,7-12,15H2,(H,26,27)(H,29,33)(H2,28,30,31). The van der Waals surface area contributed by atoms with Crippen LogP contribution in [0.25, 0.3) is 11.0 Å². The zero-order valence-electron chi connectivity index (χ0n) is 19.4. The Morgan fingerprint density at radius 3 is 2.86 bits per heavy atom. The minimum atomic E-state index is -0.460. The first kappa shape index (κ1) is 23.9. The van der Waals surface area contributed by atoms with Gasteiger partial charge in [0.2, 0.25) is 11.8 Å². The highest BCUT2D eigenvalue weighted by molar-refractivity contribution is 6.34. The van der Waals surface area contributed by atoms with Gasteiger partial charge < -0.3 is 34.8 Å². The Bertz CT molecular complexity index is 1290. The smallest absolute Gasteiger partial charge is 0.279 e. The van der Waals surface area contributed by atoms with Crippen molar-refractivity contribution >= 4 is 40.2 Å². The van der Waals surface area contributed by atoms with Crippen LogP contribution in [0.15, 0.2) is 48.8 Å². The molecule has 2 aromatic heterocycles. The number of hydrogen-bond acceptors (Lipinski definition) is 8. The summed E-state index contributed by atoms with van der Waals surface area (Å²) in [7, 11) is 0. The number of benzene rings is 2. The highest BCUT2D eigenvalue weighted by Gasteiger charge is 2.18. The molecule has 0 radical (unpaired) electrons. The Morgan fingerprint density at radius 2 is 2.03 bits per heavy atom. The van der Waals surface area contributed by atoms with Gasteiger partial charge in [-0.1, -0.05) is 23.7 Å². The molecule has 36 heavy (non-hydrogen) atoms. The lowest BCUT2D eigenvalue weighted by molar-refractivity contribution is 0.0322. The maximum Gasteiger partial charge on any atom is 0.279 e. The number of anilines is 2. The Balaban J connectivity index is 1.12. The molecule has 0 bridgehead atoms. The van der Waals surface area contributed by atoms with Crippen LogP contribution in [0.1, 0.15) is 10.5 Å². The second-order valence-electron chi connectivity index (χ2n) is 8.05. The molecule has 0 unspecified atom stereocenters. The van der Waals surface area contributed by atoms with Crippen LogP contribution in [0, 0.1) is 0 Å². The van der Waals surface area contributed by atoms with Gasteiger partial charge in [-0.2, -0.15) is 0 Å². The number of nitrogens with zero attached hydrogens (tertiary/aromatic N) is 3. The second-order valence-corrected chi connectivity index (χ2v) is 8.45. The van der Waals surface area contributed by atoms with Crippen LogP contribution >= 0.6 is 11.6 Å². The summed E-state index contributed by atoms with van der Waals surface area (Å²) in [5.41, 5.74) is 2.29. The first-order valence-electron chi connectivity index (χ1n) is 11.5. The third-order valence-corrected chi connectivity index (χ3v) is 5.95. The molecule has 1 aliphatic heterocycles. The van der Waals surface area contributed by atoms with Crippen molar-refractivity contribution in [2.45, 2.75) is 0 Å². The van der Waals surface area contributed by atoms with Crippen molar-refractivity contribution in [1.82, 2.24) is 24.8 Å². The minimum absolute atomic E-state index is 0.0690. The summed E-state index contributed by atoms with van der Waals surface area (Å²) >= 11 is 6.39. The molecule has 0 spiro atoms. The van der Waals surface area contributed by atoms with E-state index in [0.717, 1.165) is 43.9 Å². The number of para-hydroxylation sites is 2. The molecule has 4 aromatic rings. The van der Waals surface area contributed by atoms with E-state index in [-0.39, 0.29) is 18.3 Å². The van der Waals surface area contributed by atoms with Gasteiger partial charge in [-0.15, -0.1) is 0 Å². The number of aromatic nitrogens is 4. The molecule has 1 aliphatic rings. The molecule has 1 fully saturated rings. The van der Waals surface area contributed by atoms with E-state index in [1.54, 1.807) is 18.2 Å². The quantitative estimate of drug-likeness (QED) is 0.238. The number of ether oxygens (including phenoxy) is 3. The van der Waals surface area contributed by atoms with E-state index in [1.165, 1.54) is 6.33 Å². The molecule has 0 saturated carbocycles. The first-order valence-corrected chi connectivity index (χ1v) is 11.9. The molecule has 1 saturated heterocycles. The van der Waals surface area contributed by atoms with Gasteiger partial charge in [0.1, 0.15) is 12.4 Å². The summed E-state index contributed by atoms with van der Waals surface area (Å²) in [5, 5.41) is 6.15. The average molecular weight is 512 g/mol. The number of aromatic amines is 2. The Labute approximate surface area is 212 Å². The Morgan fingerprint density at radius 1 is 1.17 bits per heavy atom. The van der Waals surface area contributed by atoms with E-state index in [2.05, 4.69) is 35.5 Å². The topological polar surface area (TPSA) is 129 Å². The predicted molar refractivity (Wildman–Crippen MR) is 136 cm³/mol. The predicted octanol–water partition coefficient (Wildman–Crippen LogP) is 3.35. The van der Waals surface area contributed by atoms with Crippen molar-refractivity contribution < 1.29 is 19.0 Å². The number of carbonyl (C=O) groups is 1. The van der Waals surface area contributed by atoms with Gasteiger partial charge in [0.05, 0.1) is 41.3 Å². The SMILES string of the molecule is O=C(Nc1ccc(OCCN2CCOCC2)cc1Cl)c1nc[nH]c1OCNc1nc2ccccc2[nH]1. The van der Waals surface area contributed by atoms with Crippen molar-refractivity contribution in [1.29, 1.82) is 0 Å². The van der Waals surface area contributed by atoms with Crippen LogP contribution in [0.2, 0.25) is 5.02 Å². The highest BCUT2D eigenvalue weighted by Crippen LogP contribution is 2.28. The number of imidazole rings is 2. The molecule has 0 atom stereocenters. The van der Waals surface area contributed by atoms with Crippen molar-refractivity contribution in [3.63, 3.8) is 0 Å². The normalized spacial score (nSPS) is 14.0. The number of nitrogens with one attached hydrogen (secondary N) is 4. The zero-order chi connectivity index (χ0) is 24.7. The van der Waals surface area contributed by atoms with Crippen molar-refractivity contribution in [3.05, 3.63) is 59.5 Å². The van der Waals surface area contributed by atoms with Crippen LogP contribution in [0.4, 0.5) is 11.6 Å². The number of hydrogen-bond donors (Lipinski definition) is 4. The summed E-state index contributed by atoms with van der Waals surface area (Å²) in [6.45, 7) is 4.74. The van der Waals surface area contributed by atoms with Crippen LogP contribution in [0.5, 0.6) is 11.6 Å². The third-order valence-electron chi connectivity index (χ3n) is 5.63. The first-order chi connectivity index (χ1) is 17.7.